The first-order valence-corrected chi connectivity index (χ1v) is 5.05. The smallest absolute Gasteiger partial charge is 0.323 e. The molecule has 4 nitrogen and oxygen atoms in total. The first-order chi connectivity index (χ1) is 7.69. The van der Waals surface area contributed by atoms with E-state index in [2.05, 4.69) is 9.72 Å². The highest BCUT2D eigenvalue weighted by Gasteiger charge is 2.25. The number of hydrogen-bond donors (Lipinski definition) is 0. The van der Waals surface area contributed by atoms with Gasteiger partial charge < -0.3 is 4.74 Å². The van der Waals surface area contributed by atoms with E-state index in [0.717, 1.165) is 5.56 Å². The molecule has 4 heteroatoms. The van der Waals surface area contributed by atoms with Gasteiger partial charge in [0.1, 0.15) is 5.92 Å². The van der Waals surface area contributed by atoms with Crippen molar-refractivity contribution in [2.45, 2.75) is 13.3 Å². The summed E-state index contributed by atoms with van der Waals surface area (Å²) >= 11 is 0. The predicted octanol–water partition coefficient (Wildman–Crippen LogP) is 1.57. The minimum Gasteiger partial charge on any atom is -0.468 e. The number of rotatable bonds is 4. The van der Waals surface area contributed by atoms with E-state index in [9.17, 15) is 4.79 Å². The second-order valence-electron chi connectivity index (χ2n) is 3.67. The zero-order chi connectivity index (χ0) is 12.0. The molecular weight excluding hydrogens is 204 g/mol. The number of hydrogen-bond acceptors (Lipinski definition) is 4. The van der Waals surface area contributed by atoms with E-state index in [1.807, 2.05) is 25.1 Å². The molecule has 0 fully saturated rings. The van der Waals surface area contributed by atoms with Gasteiger partial charge in [-0.25, -0.2) is 0 Å². The molecule has 0 aromatic carbocycles. The molecular formula is C12H14N2O2. The van der Waals surface area contributed by atoms with Crippen molar-refractivity contribution in [3.63, 3.8) is 0 Å². The predicted molar refractivity (Wildman–Crippen MR) is 58.2 cm³/mol. The van der Waals surface area contributed by atoms with E-state index in [1.165, 1.54) is 7.11 Å². The molecule has 0 radical (unpaired) electrons. The average molecular weight is 218 g/mol. The average Bonchev–Trinajstić information content (AvgIpc) is 2.31. The molecule has 2 atom stereocenters. The van der Waals surface area contributed by atoms with Crippen molar-refractivity contribution in [3.05, 3.63) is 30.1 Å². The molecule has 1 aromatic rings. The molecule has 1 rings (SSSR count). The lowest BCUT2D eigenvalue weighted by molar-refractivity contribution is -0.144. The van der Waals surface area contributed by atoms with Gasteiger partial charge in [0, 0.05) is 12.4 Å². The van der Waals surface area contributed by atoms with Crippen LogP contribution in [0.1, 0.15) is 12.5 Å². The number of aromatic nitrogens is 1. The summed E-state index contributed by atoms with van der Waals surface area (Å²) in [6.45, 7) is 1.87. The van der Waals surface area contributed by atoms with E-state index in [0.29, 0.717) is 6.42 Å². The molecule has 1 heterocycles. The molecule has 0 N–H and O–H groups in total. The van der Waals surface area contributed by atoms with E-state index >= 15 is 0 Å². The highest BCUT2D eigenvalue weighted by Crippen LogP contribution is 2.17. The number of nitrogens with zero attached hydrogens (tertiary/aromatic N) is 2. The number of esters is 1. The molecule has 84 valence electrons. The first-order valence-electron chi connectivity index (χ1n) is 5.05. The summed E-state index contributed by atoms with van der Waals surface area (Å²) in [7, 11) is 1.30. The number of pyridine rings is 1. The maximum atomic E-state index is 11.3. The van der Waals surface area contributed by atoms with Crippen LogP contribution in [0.5, 0.6) is 0 Å². The van der Waals surface area contributed by atoms with Crippen LogP contribution in [0.4, 0.5) is 0 Å². The third-order valence-corrected chi connectivity index (χ3v) is 2.47. The molecule has 2 unspecified atom stereocenters. The summed E-state index contributed by atoms with van der Waals surface area (Å²) in [6, 6.07) is 5.74. The van der Waals surface area contributed by atoms with Crippen LogP contribution >= 0.6 is 0 Å². The Kier molecular flexibility index (Phi) is 4.46. The Labute approximate surface area is 94.9 Å². The zero-order valence-corrected chi connectivity index (χ0v) is 9.38. The van der Waals surface area contributed by atoms with Crippen LogP contribution in [-0.2, 0) is 16.0 Å². The summed E-state index contributed by atoms with van der Waals surface area (Å²) in [5.74, 6) is -1.25. The lowest BCUT2D eigenvalue weighted by Crippen LogP contribution is -2.23. The molecule has 0 aliphatic carbocycles. The van der Waals surface area contributed by atoms with Gasteiger partial charge >= 0.3 is 5.97 Å². The van der Waals surface area contributed by atoms with Crippen molar-refractivity contribution in [1.29, 1.82) is 5.26 Å². The first kappa shape index (κ1) is 12.2. The van der Waals surface area contributed by atoms with Crippen LogP contribution in [0.15, 0.2) is 24.5 Å². The van der Waals surface area contributed by atoms with Gasteiger partial charge in [-0.15, -0.1) is 0 Å². The third kappa shape index (κ3) is 3.06. The SMILES string of the molecule is COC(=O)C(C#N)C(C)Cc1ccncc1. The normalized spacial score (nSPS) is 13.6. The molecule has 0 bridgehead atoms. The van der Waals surface area contributed by atoms with Crippen molar-refractivity contribution >= 4 is 5.97 Å². The molecule has 0 aliphatic heterocycles. The largest absolute Gasteiger partial charge is 0.468 e. The topological polar surface area (TPSA) is 63.0 Å². The third-order valence-electron chi connectivity index (χ3n) is 2.47. The summed E-state index contributed by atoms with van der Waals surface area (Å²) in [5, 5.41) is 8.91. The van der Waals surface area contributed by atoms with Gasteiger partial charge in [-0.3, -0.25) is 9.78 Å². The number of methoxy groups -OCH3 is 1. The standard InChI is InChI=1S/C12H14N2O2/c1-9(11(8-13)12(15)16-2)7-10-3-5-14-6-4-10/h3-6,9,11H,7H2,1-2H3. The summed E-state index contributed by atoms with van der Waals surface area (Å²) in [4.78, 5) is 15.2. The Bertz CT molecular complexity index is 384. The maximum absolute atomic E-state index is 11.3. The van der Waals surface area contributed by atoms with Crippen molar-refractivity contribution in [3.8, 4) is 6.07 Å². The highest BCUT2D eigenvalue weighted by atomic mass is 16.5. The van der Waals surface area contributed by atoms with Gasteiger partial charge in [0.15, 0.2) is 0 Å². The van der Waals surface area contributed by atoms with Gasteiger partial charge in [0.2, 0.25) is 0 Å². The van der Waals surface area contributed by atoms with Gasteiger partial charge in [0.25, 0.3) is 0 Å². The molecule has 0 aliphatic rings. The second kappa shape index (κ2) is 5.86. The maximum Gasteiger partial charge on any atom is 0.323 e. The zero-order valence-electron chi connectivity index (χ0n) is 9.38. The monoisotopic (exact) mass is 218 g/mol. The quantitative estimate of drug-likeness (QED) is 0.720. The Morgan fingerprint density at radius 1 is 1.56 bits per heavy atom. The van der Waals surface area contributed by atoms with Crippen molar-refractivity contribution in [1.82, 2.24) is 4.98 Å². The number of carbonyl (C=O) groups is 1. The minimum atomic E-state index is -0.710. The van der Waals surface area contributed by atoms with Gasteiger partial charge in [-0.05, 0) is 30.0 Å². The molecule has 0 saturated heterocycles. The van der Waals surface area contributed by atoms with E-state index < -0.39 is 11.9 Å². The minimum absolute atomic E-state index is 0.0696. The van der Waals surface area contributed by atoms with Crippen LogP contribution in [0.25, 0.3) is 0 Å². The second-order valence-corrected chi connectivity index (χ2v) is 3.67. The molecule has 1 aromatic heterocycles. The van der Waals surface area contributed by atoms with Crippen LogP contribution in [-0.4, -0.2) is 18.1 Å². The van der Waals surface area contributed by atoms with Crippen LogP contribution in [0, 0.1) is 23.2 Å². The fraction of sp³-hybridized carbons (Fsp3) is 0.417. The fourth-order valence-corrected chi connectivity index (χ4v) is 1.55. The molecule has 16 heavy (non-hydrogen) atoms. The summed E-state index contributed by atoms with van der Waals surface area (Å²) in [6.07, 6.45) is 4.05. The van der Waals surface area contributed by atoms with E-state index in [1.54, 1.807) is 12.4 Å². The van der Waals surface area contributed by atoms with Crippen LogP contribution < -0.4 is 0 Å². The highest BCUT2D eigenvalue weighted by molar-refractivity contribution is 5.75. The van der Waals surface area contributed by atoms with Crippen LogP contribution in [0.3, 0.4) is 0 Å². The molecule has 0 saturated carbocycles. The number of carbonyl (C=O) groups excluding carboxylic acids is 1. The van der Waals surface area contributed by atoms with E-state index in [4.69, 9.17) is 5.26 Å². The van der Waals surface area contributed by atoms with Gasteiger partial charge in [-0.2, -0.15) is 5.26 Å². The van der Waals surface area contributed by atoms with Gasteiger partial charge in [0.05, 0.1) is 13.2 Å². The molecule has 0 amide bonds. The Hall–Kier alpha value is -1.89. The number of ether oxygens (including phenoxy) is 1. The lowest BCUT2D eigenvalue weighted by atomic mass is 9.89. The number of nitriles is 1. The lowest BCUT2D eigenvalue weighted by Gasteiger charge is -2.15. The van der Waals surface area contributed by atoms with Crippen molar-refractivity contribution in [2.24, 2.45) is 11.8 Å². The Morgan fingerprint density at radius 2 is 2.19 bits per heavy atom. The Balaban J connectivity index is 2.68. The molecule has 0 spiro atoms. The van der Waals surface area contributed by atoms with Crippen molar-refractivity contribution < 1.29 is 9.53 Å². The van der Waals surface area contributed by atoms with Gasteiger partial charge in [-0.1, -0.05) is 6.92 Å². The summed E-state index contributed by atoms with van der Waals surface area (Å²) < 4.78 is 4.59. The Morgan fingerprint density at radius 3 is 2.69 bits per heavy atom. The van der Waals surface area contributed by atoms with Crippen LogP contribution in [0.2, 0.25) is 0 Å². The fourth-order valence-electron chi connectivity index (χ4n) is 1.55. The summed E-state index contributed by atoms with van der Waals surface area (Å²) in [5.41, 5.74) is 1.06. The van der Waals surface area contributed by atoms with Crippen molar-refractivity contribution in [2.75, 3.05) is 7.11 Å². The van der Waals surface area contributed by atoms with E-state index in [-0.39, 0.29) is 5.92 Å².